The second-order valence-corrected chi connectivity index (χ2v) is 7.24. The zero-order chi connectivity index (χ0) is 19.6. The zero-order valence-corrected chi connectivity index (χ0v) is 14.8. The third-order valence-corrected chi connectivity index (χ3v) is 5.14. The van der Waals surface area contributed by atoms with Gasteiger partial charge >= 0.3 is 18.2 Å². The topological polar surface area (TPSA) is 90.0 Å². The molecule has 148 valence electrons. The number of likely N-dealkylation sites (tertiary alicyclic amines) is 1. The third kappa shape index (κ3) is 4.59. The van der Waals surface area contributed by atoms with Crippen molar-refractivity contribution in [2.75, 3.05) is 27.2 Å². The number of halogens is 3. The molecule has 3 amide bonds. The Labute approximate surface area is 149 Å². The predicted octanol–water partition coefficient (Wildman–Crippen LogP) is 1.54. The fourth-order valence-electron chi connectivity index (χ4n) is 3.73. The van der Waals surface area contributed by atoms with E-state index in [1.165, 1.54) is 4.90 Å². The second kappa shape index (κ2) is 7.71. The van der Waals surface area contributed by atoms with Gasteiger partial charge in [-0.2, -0.15) is 13.2 Å². The maximum Gasteiger partial charge on any atom is 0.394 e. The Balaban J connectivity index is 1.97. The SMILES string of the molecule is CN(C)C(=O)C1CCCC(NC(=O)N2C[C@@H](C(F)(F)F)[C@H](C(=O)O)C2)C1. The normalized spacial score (nSPS) is 29.3. The summed E-state index contributed by atoms with van der Waals surface area (Å²) in [5, 5.41) is 11.7. The molecule has 2 aliphatic rings. The van der Waals surface area contributed by atoms with Crippen LogP contribution < -0.4 is 5.32 Å². The summed E-state index contributed by atoms with van der Waals surface area (Å²) in [5.74, 6) is -5.54. The van der Waals surface area contributed by atoms with Crippen LogP contribution in [0.1, 0.15) is 25.7 Å². The largest absolute Gasteiger partial charge is 0.481 e. The Kier molecular flexibility index (Phi) is 6.02. The number of alkyl halides is 3. The van der Waals surface area contributed by atoms with Crippen molar-refractivity contribution in [3.05, 3.63) is 0 Å². The van der Waals surface area contributed by atoms with Gasteiger partial charge in [-0.25, -0.2) is 4.79 Å². The van der Waals surface area contributed by atoms with E-state index in [1.54, 1.807) is 14.1 Å². The van der Waals surface area contributed by atoms with Crippen molar-refractivity contribution in [3.8, 4) is 0 Å². The number of carbonyl (C=O) groups is 3. The van der Waals surface area contributed by atoms with E-state index in [4.69, 9.17) is 5.11 Å². The van der Waals surface area contributed by atoms with Gasteiger partial charge in [-0.1, -0.05) is 6.42 Å². The number of carboxylic acid groups (broad SMARTS) is 1. The Bertz CT molecular complexity index is 567. The van der Waals surface area contributed by atoms with Crippen LogP contribution in [0.3, 0.4) is 0 Å². The molecule has 1 saturated heterocycles. The predicted molar refractivity (Wildman–Crippen MR) is 85.2 cm³/mol. The highest BCUT2D eigenvalue weighted by Gasteiger charge is 2.53. The Morgan fingerprint density at radius 2 is 1.81 bits per heavy atom. The highest BCUT2D eigenvalue weighted by molar-refractivity contribution is 5.79. The van der Waals surface area contributed by atoms with E-state index in [1.807, 2.05) is 0 Å². The van der Waals surface area contributed by atoms with Crippen LogP contribution in [0.25, 0.3) is 0 Å². The average Bonchev–Trinajstić information content (AvgIpc) is 3.00. The number of amides is 3. The van der Waals surface area contributed by atoms with Gasteiger partial charge in [-0.15, -0.1) is 0 Å². The number of hydrogen-bond acceptors (Lipinski definition) is 3. The first kappa shape index (κ1) is 20.3. The molecule has 0 aromatic heterocycles. The van der Waals surface area contributed by atoms with E-state index < -0.39 is 43.1 Å². The first-order chi connectivity index (χ1) is 12.0. The van der Waals surface area contributed by atoms with Gasteiger partial charge in [0.1, 0.15) is 0 Å². The molecule has 1 aliphatic carbocycles. The van der Waals surface area contributed by atoms with Crippen molar-refractivity contribution in [1.82, 2.24) is 15.1 Å². The number of rotatable bonds is 3. The van der Waals surface area contributed by atoms with Gasteiger partial charge in [-0.05, 0) is 19.3 Å². The number of urea groups is 1. The van der Waals surface area contributed by atoms with Crippen LogP contribution in [-0.2, 0) is 9.59 Å². The maximum absolute atomic E-state index is 13.0. The summed E-state index contributed by atoms with van der Waals surface area (Å²) in [6, 6.07) is -1.01. The van der Waals surface area contributed by atoms with Crippen molar-refractivity contribution in [1.29, 1.82) is 0 Å². The molecule has 26 heavy (non-hydrogen) atoms. The minimum atomic E-state index is -4.67. The van der Waals surface area contributed by atoms with Crippen molar-refractivity contribution in [3.63, 3.8) is 0 Å². The molecule has 2 unspecified atom stereocenters. The molecule has 2 rings (SSSR count). The number of hydrogen-bond donors (Lipinski definition) is 2. The van der Waals surface area contributed by atoms with Crippen LogP contribution in [0.4, 0.5) is 18.0 Å². The van der Waals surface area contributed by atoms with E-state index in [9.17, 15) is 27.6 Å². The van der Waals surface area contributed by atoms with Gasteiger partial charge < -0.3 is 20.2 Å². The van der Waals surface area contributed by atoms with Crippen molar-refractivity contribution in [2.45, 2.75) is 37.9 Å². The van der Waals surface area contributed by atoms with E-state index in [0.29, 0.717) is 19.3 Å². The van der Waals surface area contributed by atoms with E-state index in [2.05, 4.69) is 5.32 Å². The molecular weight excluding hydrogens is 355 g/mol. The van der Waals surface area contributed by atoms with Gasteiger partial charge in [0.2, 0.25) is 5.91 Å². The monoisotopic (exact) mass is 379 g/mol. The minimum absolute atomic E-state index is 0.0341. The summed E-state index contributed by atoms with van der Waals surface area (Å²) in [4.78, 5) is 37.9. The van der Waals surface area contributed by atoms with Gasteiger partial charge in [0.25, 0.3) is 0 Å². The van der Waals surface area contributed by atoms with Gasteiger partial charge in [-0.3, -0.25) is 9.59 Å². The number of carboxylic acids is 1. The summed E-state index contributed by atoms with van der Waals surface area (Å²) in [7, 11) is 3.30. The molecule has 1 aliphatic heterocycles. The molecule has 0 aromatic carbocycles. The lowest BCUT2D eigenvalue weighted by atomic mass is 9.85. The van der Waals surface area contributed by atoms with Crippen LogP contribution in [0.15, 0.2) is 0 Å². The lowest BCUT2D eigenvalue weighted by molar-refractivity contribution is -0.187. The molecule has 2 fully saturated rings. The van der Waals surface area contributed by atoms with Crippen LogP contribution in [0, 0.1) is 17.8 Å². The smallest absolute Gasteiger partial charge is 0.394 e. The van der Waals surface area contributed by atoms with Crippen molar-refractivity contribution in [2.24, 2.45) is 17.8 Å². The summed E-state index contributed by atoms with van der Waals surface area (Å²) in [6.07, 6.45) is -2.15. The number of carbonyl (C=O) groups excluding carboxylic acids is 2. The molecule has 10 heteroatoms. The Morgan fingerprint density at radius 3 is 2.31 bits per heavy atom. The summed E-state index contributed by atoms with van der Waals surface area (Å²) < 4.78 is 39.1. The molecule has 0 aromatic rings. The molecule has 1 heterocycles. The number of nitrogens with one attached hydrogen (secondary N) is 1. The Morgan fingerprint density at radius 1 is 1.15 bits per heavy atom. The molecule has 0 spiro atoms. The minimum Gasteiger partial charge on any atom is -0.481 e. The Hall–Kier alpha value is -2.00. The van der Waals surface area contributed by atoms with E-state index in [-0.39, 0.29) is 17.9 Å². The standard InChI is InChI=1S/C16H24F3N3O4/c1-21(2)13(23)9-4-3-5-10(6-9)20-15(26)22-7-11(14(24)25)12(8-22)16(17,18)19/h9-12H,3-8H2,1-2H3,(H,20,26)(H,24,25)/t9?,10?,11-,12-/m1/s1. The summed E-state index contributed by atoms with van der Waals surface area (Å²) in [6.45, 7) is -1.14. The summed E-state index contributed by atoms with van der Waals surface area (Å²) >= 11 is 0. The first-order valence-corrected chi connectivity index (χ1v) is 8.56. The lowest BCUT2D eigenvalue weighted by Gasteiger charge is -2.31. The van der Waals surface area contributed by atoms with Gasteiger partial charge in [0, 0.05) is 39.1 Å². The van der Waals surface area contributed by atoms with Crippen LogP contribution in [-0.4, -0.2) is 72.2 Å². The molecule has 7 nitrogen and oxygen atoms in total. The third-order valence-electron chi connectivity index (χ3n) is 5.14. The molecular formula is C16H24F3N3O4. The zero-order valence-electron chi connectivity index (χ0n) is 14.8. The molecule has 0 radical (unpaired) electrons. The van der Waals surface area contributed by atoms with Gasteiger partial charge in [0.05, 0.1) is 11.8 Å². The molecule has 2 N–H and O–H groups in total. The molecule has 4 atom stereocenters. The average molecular weight is 379 g/mol. The van der Waals surface area contributed by atoms with Crippen molar-refractivity contribution < 1.29 is 32.7 Å². The highest BCUT2D eigenvalue weighted by atomic mass is 19.4. The highest BCUT2D eigenvalue weighted by Crippen LogP contribution is 2.37. The lowest BCUT2D eigenvalue weighted by Crippen LogP contribution is -2.47. The van der Waals surface area contributed by atoms with Gasteiger partial charge in [0.15, 0.2) is 0 Å². The number of aliphatic carboxylic acids is 1. The van der Waals surface area contributed by atoms with Crippen LogP contribution in [0.5, 0.6) is 0 Å². The van der Waals surface area contributed by atoms with E-state index in [0.717, 1.165) is 11.3 Å². The molecule has 1 saturated carbocycles. The maximum atomic E-state index is 13.0. The van der Waals surface area contributed by atoms with E-state index >= 15 is 0 Å². The number of nitrogens with zero attached hydrogens (tertiary/aromatic N) is 2. The van der Waals surface area contributed by atoms with Crippen LogP contribution in [0.2, 0.25) is 0 Å². The van der Waals surface area contributed by atoms with Crippen molar-refractivity contribution >= 4 is 17.9 Å². The fraction of sp³-hybridized carbons (Fsp3) is 0.812. The first-order valence-electron chi connectivity index (χ1n) is 8.56. The second-order valence-electron chi connectivity index (χ2n) is 7.24. The summed E-state index contributed by atoms with van der Waals surface area (Å²) in [5.41, 5.74) is 0. The molecule has 0 bridgehead atoms. The quantitative estimate of drug-likeness (QED) is 0.778. The van der Waals surface area contributed by atoms with Crippen LogP contribution >= 0.6 is 0 Å². The fourth-order valence-corrected chi connectivity index (χ4v) is 3.73.